The lowest BCUT2D eigenvalue weighted by atomic mass is 10.0. The van der Waals surface area contributed by atoms with Crippen molar-refractivity contribution in [3.63, 3.8) is 0 Å². The summed E-state index contributed by atoms with van der Waals surface area (Å²) in [6.07, 6.45) is 0.229. The Kier molecular flexibility index (Phi) is 7.15. The topological polar surface area (TPSA) is 67.9 Å². The molecule has 0 spiro atoms. The zero-order valence-corrected chi connectivity index (χ0v) is 17.7. The molecular weight excluding hydrogens is 404 g/mol. The number of benzene rings is 3. The summed E-state index contributed by atoms with van der Waals surface area (Å²) in [7, 11) is 0. The molecule has 0 radical (unpaired) electrons. The number of esters is 1. The van der Waals surface area contributed by atoms with Gasteiger partial charge < -0.3 is 9.47 Å². The van der Waals surface area contributed by atoms with E-state index in [-0.39, 0.29) is 6.61 Å². The Morgan fingerprint density at radius 1 is 0.875 bits per heavy atom. The van der Waals surface area contributed by atoms with E-state index in [9.17, 15) is 9.59 Å². The van der Waals surface area contributed by atoms with Crippen LogP contribution in [0.25, 0.3) is 0 Å². The van der Waals surface area contributed by atoms with Gasteiger partial charge in [0.15, 0.2) is 6.10 Å². The van der Waals surface area contributed by atoms with Crippen LogP contribution in [0.5, 0.6) is 0 Å². The van der Waals surface area contributed by atoms with Crippen molar-refractivity contribution in [3.8, 4) is 0 Å². The average Bonchev–Trinajstić information content (AvgIpc) is 2.87. The maximum Gasteiger partial charge on any atom is 0.424 e. The van der Waals surface area contributed by atoms with Crippen LogP contribution in [-0.2, 0) is 20.9 Å². The SMILES string of the molecule is O=C(OC(c1ccccc1)c1ccccc1)[C@@H]1CCCN(C(=O)OCc2ccccc2)N1. The summed E-state index contributed by atoms with van der Waals surface area (Å²) in [5.41, 5.74) is 5.67. The predicted octanol–water partition coefficient (Wildman–Crippen LogP) is 4.63. The van der Waals surface area contributed by atoms with Crippen LogP contribution in [0.2, 0.25) is 0 Å². The monoisotopic (exact) mass is 430 g/mol. The van der Waals surface area contributed by atoms with Crippen molar-refractivity contribution in [2.75, 3.05) is 6.54 Å². The molecule has 164 valence electrons. The molecule has 0 unspecified atom stereocenters. The van der Waals surface area contributed by atoms with Crippen molar-refractivity contribution in [2.45, 2.75) is 31.6 Å². The van der Waals surface area contributed by atoms with Gasteiger partial charge in [0.1, 0.15) is 12.6 Å². The van der Waals surface area contributed by atoms with Gasteiger partial charge in [-0.25, -0.2) is 15.2 Å². The molecule has 0 saturated carbocycles. The van der Waals surface area contributed by atoms with Crippen LogP contribution in [0.3, 0.4) is 0 Å². The molecule has 4 rings (SSSR count). The molecule has 1 fully saturated rings. The zero-order chi connectivity index (χ0) is 22.2. The van der Waals surface area contributed by atoms with Gasteiger partial charge in [-0.05, 0) is 29.5 Å². The number of ether oxygens (including phenoxy) is 2. The van der Waals surface area contributed by atoms with Crippen LogP contribution in [0.4, 0.5) is 4.79 Å². The van der Waals surface area contributed by atoms with Gasteiger partial charge in [-0.2, -0.15) is 0 Å². The summed E-state index contributed by atoms with van der Waals surface area (Å²) in [6, 6.07) is 28.1. The van der Waals surface area contributed by atoms with Crippen LogP contribution in [0, 0.1) is 0 Å². The van der Waals surface area contributed by atoms with Crippen LogP contribution in [0.15, 0.2) is 91.0 Å². The summed E-state index contributed by atoms with van der Waals surface area (Å²) >= 11 is 0. The number of hydrogen-bond acceptors (Lipinski definition) is 5. The summed E-state index contributed by atoms with van der Waals surface area (Å²) in [5, 5.41) is 1.36. The van der Waals surface area contributed by atoms with Crippen molar-refractivity contribution in [1.82, 2.24) is 10.4 Å². The normalized spacial score (nSPS) is 15.9. The Morgan fingerprint density at radius 3 is 2.03 bits per heavy atom. The molecule has 1 atom stereocenters. The first-order chi connectivity index (χ1) is 15.7. The highest BCUT2D eigenvalue weighted by Crippen LogP contribution is 2.27. The standard InChI is InChI=1S/C26H26N2O4/c29-25(32-24(21-13-6-2-7-14-21)22-15-8-3-9-16-22)23-17-10-18-28(27-23)26(30)31-19-20-11-4-1-5-12-20/h1-9,11-16,23-24,27H,10,17-19H2/t23-/m0/s1. The Balaban J connectivity index is 1.40. The van der Waals surface area contributed by atoms with Crippen molar-refractivity contribution in [2.24, 2.45) is 0 Å². The van der Waals surface area contributed by atoms with Gasteiger partial charge in [0.05, 0.1) is 0 Å². The largest absolute Gasteiger partial charge is 0.451 e. The van der Waals surface area contributed by atoms with E-state index >= 15 is 0 Å². The second-order valence-corrected chi connectivity index (χ2v) is 7.65. The number of carbonyl (C=O) groups excluding carboxylic acids is 2. The molecule has 1 aliphatic rings. The molecule has 3 aromatic rings. The van der Waals surface area contributed by atoms with Gasteiger partial charge in [0.25, 0.3) is 0 Å². The number of amides is 1. The van der Waals surface area contributed by atoms with Crippen molar-refractivity contribution < 1.29 is 19.1 Å². The van der Waals surface area contributed by atoms with Crippen LogP contribution >= 0.6 is 0 Å². The molecule has 32 heavy (non-hydrogen) atoms. The third kappa shape index (κ3) is 5.53. The van der Waals surface area contributed by atoms with Gasteiger partial charge in [-0.1, -0.05) is 91.0 Å². The fourth-order valence-electron chi connectivity index (χ4n) is 3.66. The molecular formula is C26H26N2O4. The van der Waals surface area contributed by atoms with Crippen molar-refractivity contribution >= 4 is 12.1 Å². The van der Waals surface area contributed by atoms with E-state index < -0.39 is 24.2 Å². The second kappa shape index (κ2) is 10.6. The number of rotatable bonds is 6. The molecule has 1 heterocycles. The number of nitrogens with zero attached hydrogens (tertiary/aromatic N) is 1. The first kappa shape index (κ1) is 21.6. The minimum Gasteiger partial charge on any atom is -0.451 e. The van der Waals surface area contributed by atoms with Gasteiger partial charge in [-0.3, -0.25) is 4.79 Å². The van der Waals surface area contributed by atoms with Gasteiger partial charge >= 0.3 is 12.1 Å². The third-order valence-electron chi connectivity index (χ3n) is 5.33. The molecule has 1 aliphatic heterocycles. The average molecular weight is 431 g/mol. The molecule has 0 aromatic heterocycles. The lowest BCUT2D eigenvalue weighted by Gasteiger charge is -2.32. The highest BCUT2D eigenvalue weighted by molar-refractivity contribution is 5.77. The molecule has 1 N–H and O–H groups in total. The molecule has 0 bridgehead atoms. The van der Waals surface area contributed by atoms with E-state index in [1.807, 2.05) is 91.0 Å². The van der Waals surface area contributed by atoms with E-state index in [0.717, 1.165) is 16.7 Å². The first-order valence-electron chi connectivity index (χ1n) is 10.8. The first-order valence-corrected chi connectivity index (χ1v) is 10.8. The Hall–Kier alpha value is -3.64. The van der Waals surface area contributed by atoms with E-state index in [0.29, 0.717) is 19.4 Å². The van der Waals surface area contributed by atoms with Gasteiger partial charge in [0, 0.05) is 6.54 Å². The Morgan fingerprint density at radius 2 is 1.44 bits per heavy atom. The minimum atomic E-state index is -0.622. The summed E-state index contributed by atoms with van der Waals surface area (Å²) in [4.78, 5) is 25.5. The molecule has 6 heteroatoms. The maximum atomic E-state index is 13.0. The van der Waals surface area contributed by atoms with Crippen molar-refractivity contribution in [1.29, 1.82) is 0 Å². The highest BCUT2D eigenvalue weighted by Gasteiger charge is 2.32. The Bertz CT molecular complexity index is 972. The number of carbonyl (C=O) groups is 2. The fraction of sp³-hybridized carbons (Fsp3) is 0.231. The maximum absolute atomic E-state index is 13.0. The van der Waals surface area contributed by atoms with E-state index in [1.165, 1.54) is 5.01 Å². The minimum absolute atomic E-state index is 0.178. The van der Waals surface area contributed by atoms with Crippen molar-refractivity contribution in [3.05, 3.63) is 108 Å². The molecule has 3 aromatic carbocycles. The number of nitrogens with one attached hydrogen (secondary N) is 1. The summed E-state index contributed by atoms with van der Waals surface area (Å²) in [6.45, 7) is 0.648. The fourth-order valence-corrected chi connectivity index (χ4v) is 3.66. The van der Waals surface area contributed by atoms with E-state index in [1.54, 1.807) is 0 Å². The van der Waals surface area contributed by atoms with Gasteiger partial charge in [0.2, 0.25) is 0 Å². The number of hydrogen-bond donors (Lipinski definition) is 1. The second-order valence-electron chi connectivity index (χ2n) is 7.65. The highest BCUT2D eigenvalue weighted by atomic mass is 16.6. The number of hydrazine groups is 1. The summed E-state index contributed by atoms with van der Waals surface area (Å²) < 4.78 is 11.3. The van der Waals surface area contributed by atoms with Gasteiger partial charge in [-0.15, -0.1) is 0 Å². The predicted molar refractivity (Wildman–Crippen MR) is 120 cm³/mol. The molecule has 6 nitrogen and oxygen atoms in total. The Labute approximate surface area is 187 Å². The smallest absolute Gasteiger partial charge is 0.424 e. The lowest BCUT2D eigenvalue weighted by Crippen LogP contribution is -2.55. The van der Waals surface area contributed by atoms with Crippen LogP contribution < -0.4 is 5.43 Å². The van der Waals surface area contributed by atoms with Crippen LogP contribution in [0.1, 0.15) is 35.6 Å². The molecule has 1 amide bonds. The molecule has 0 aliphatic carbocycles. The van der Waals surface area contributed by atoms with E-state index in [2.05, 4.69) is 5.43 Å². The van der Waals surface area contributed by atoms with Crippen LogP contribution in [-0.4, -0.2) is 29.7 Å². The summed E-state index contributed by atoms with van der Waals surface area (Å²) in [5.74, 6) is -0.400. The zero-order valence-electron chi connectivity index (χ0n) is 17.7. The molecule has 1 saturated heterocycles. The lowest BCUT2D eigenvalue weighted by molar-refractivity contribution is -0.152. The van der Waals surface area contributed by atoms with E-state index in [4.69, 9.17) is 9.47 Å². The quantitative estimate of drug-likeness (QED) is 0.578. The third-order valence-corrected chi connectivity index (χ3v) is 5.33.